The summed E-state index contributed by atoms with van der Waals surface area (Å²) < 4.78 is 22.6. The van der Waals surface area contributed by atoms with Gasteiger partial charge < -0.3 is 10.4 Å². The smallest absolute Gasteiger partial charge is 0.242 e. The molecule has 5 nitrogen and oxygen atoms in total. The second-order valence-corrected chi connectivity index (χ2v) is 6.82. The van der Waals surface area contributed by atoms with E-state index in [1.165, 1.54) is 6.92 Å². The summed E-state index contributed by atoms with van der Waals surface area (Å²) in [6.45, 7) is 2.91. The van der Waals surface area contributed by atoms with E-state index in [0.29, 0.717) is 11.3 Å². The van der Waals surface area contributed by atoms with Crippen LogP contribution >= 0.6 is 0 Å². The highest BCUT2D eigenvalue weighted by Gasteiger charge is 2.23. The zero-order chi connectivity index (χ0) is 15.3. The molecule has 0 aliphatic carbocycles. The maximum absolute atomic E-state index is 11.8. The van der Waals surface area contributed by atoms with E-state index in [2.05, 4.69) is 17.2 Å². The van der Waals surface area contributed by atoms with E-state index in [9.17, 15) is 13.2 Å². The molecule has 0 aliphatic heterocycles. The second kappa shape index (κ2) is 6.55. The van der Waals surface area contributed by atoms with Gasteiger partial charge in [-0.15, -0.1) is 0 Å². The van der Waals surface area contributed by atoms with Crippen LogP contribution in [0.5, 0.6) is 0 Å². The zero-order valence-corrected chi connectivity index (χ0v) is 12.4. The Morgan fingerprint density at radius 2 is 2.10 bits per heavy atom. The summed E-state index contributed by atoms with van der Waals surface area (Å²) in [5.74, 6) is 4.72. The summed E-state index contributed by atoms with van der Waals surface area (Å²) in [6, 6.07) is 5.10. The van der Waals surface area contributed by atoms with E-state index < -0.39 is 21.0 Å². The molecule has 20 heavy (non-hydrogen) atoms. The minimum absolute atomic E-state index is 0.219. The molecule has 0 heterocycles. The topological polar surface area (TPSA) is 83.5 Å². The van der Waals surface area contributed by atoms with Crippen LogP contribution in [-0.2, 0) is 14.6 Å². The number of benzene rings is 1. The number of hydrogen-bond acceptors (Lipinski definition) is 4. The van der Waals surface area contributed by atoms with Crippen molar-refractivity contribution in [2.75, 3.05) is 18.2 Å². The average Bonchev–Trinajstić information content (AvgIpc) is 2.37. The summed E-state index contributed by atoms with van der Waals surface area (Å²) in [4.78, 5) is 11.8. The summed E-state index contributed by atoms with van der Waals surface area (Å²) in [7, 11) is -3.42. The van der Waals surface area contributed by atoms with Gasteiger partial charge in [0.15, 0.2) is 9.84 Å². The van der Waals surface area contributed by atoms with Crippen molar-refractivity contribution >= 4 is 21.4 Å². The standard InChI is InChI=1S/C14H17NO4S/c1-10-9-12(5-4-8-16)6-7-13(10)15-14(17)11(2)20(3,18)19/h6-7,9,11,16H,8H2,1-3H3,(H,15,17). The Kier molecular flexibility index (Phi) is 5.31. The Labute approximate surface area is 118 Å². The molecule has 1 amide bonds. The van der Waals surface area contributed by atoms with Crippen LogP contribution in [0.25, 0.3) is 0 Å². The molecular formula is C14H17NO4S. The number of aliphatic hydroxyl groups excluding tert-OH is 1. The fourth-order valence-corrected chi connectivity index (χ4v) is 1.90. The van der Waals surface area contributed by atoms with Gasteiger partial charge in [0.05, 0.1) is 0 Å². The van der Waals surface area contributed by atoms with E-state index in [0.717, 1.165) is 11.8 Å². The third-order valence-electron chi connectivity index (χ3n) is 2.81. The minimum atomic E-state index is -3.42. The molecule has 0 saturated heterocycles. The first-order valence-corrected chi connectivity index (χ1v) is 7.91. The SMILES string of the molecule is Cc1cc(C#CCO)ccc1NC(=O)C(C)S(C)(=O)=O. The first kappa shape index (κ1) is 16.2. The van der Waals surface area contributed by atoms with Crippen molar-refractivity contribution in [3.8, 4) is 11.8 Å². The molecule has 108 valence electrons. The monoisotopic (exact) mass is 295 g/mol. The Balaban J connectivity index is 2.92. The Hall–Kier alpha value is -1.84. The van der Waals surface area contributed by atoms with Crippen LogP contribution in [0.2, 0.25) is 0 Å². The number of hydrogen-bond donors (Lipinski definition) is 2. The summed E-state index contributed by atoms with van der Waals surface area (Å²) in [6.07, 6.45) is 1.03. The van der Waals surface area contributed by atoms with Crippen molar-refractivity contribution in [1.82, 2.24) is 0 Å². The molecule has 0 aromatic heterocycles. The average molecular weight is 295 g/mol. The maximum atomic E-state index is 11.8. The predicted octanol–water partition coefficient (Wildman–Crippen LogP) is 0.710. The number of nitrogens with one attached hydrogen (secondary N) is 1. The third-order valence-corrected chi connectivity index (χ3v) is 4.31. The molecule has 2 N–H and O–H groups in total. The number of amides is 1. The van der Waals surface area contributed by atoms with Gasteiger partial charge in [0.1, 0.15) is 11.9 Å². The van der Waals surface area contributed by atoms with Crippen LogP contribution in [0.3, 0.4) is 0 Å². The number of aryl methyl sites for hydroxylation is 1. The van der Waals surface area contributed by atoms with Gasteiger partial charge in [-0.1, -0.05) is 11.8 Å². The van der Waals surface area contributed by atoms with E-state index >= 15 is 0 Å². The van der Waals surface area contributed by atoms with Crippen LogP contribution in [0.15, 0.2) is 18.2 Å². The molecule has 0 saturated carbocycles. The van der Waals surface area contributed by atoms with E-state index in [1.807, 2.05) is 0 Å². The Morgan fingerprint density at radius 1 is 1.45 bits per heavy atom. The summed E-state index contributed by atoms with van der Waals surface area (Å²) in [5, 5.41) is 10.1. The van der Waals surface area contributed by atoms with E-state index in [-0.39, 0.29) is 6.61 Å². The number of aliphatic hydroxyl groups is 1. The highest BCUT2D eigenvalue weighted by molar-refractivity contribution is 7.92. The number of sulfone groups is 1. The summed E-state index contributed by atoms with van der Waals surface area (Å²) in [5.41, 5.74) is 2.02. The van der Waals surface area contributed by atoms with Gasteiger partial charge in [0.25, 0.3) is 0 Å². The third kappa shape index (κ3) is 4.37. The number of anilines is 1. The van der Waals surface area contributed by atoms with E-state index in [4.69, 9.17) is 5.11 Å². The van der Waals surface area contributed by atoms with Crippen LogP contribution in [0.1, 0.15) is 18.1 Å². The molecule has 0 aliphatic rings. The lowest BCUT2D eigenvalue weighted by atomic mass is 10.1. The molecule has 1 atom stereocenters. The van der Waals surface area contributed by atoms with E-state index in [1.54, 1.807) is 25.1 Å². The Morgan fingerprint density at radius 3 is 2.60 bits per heavy atom. The van der Waals surface area contributed by atoms with Gasteiger partial charge in [-0.05, 0) is 37.6 Å². The van der Waals surface area contributed by atoms with Crippen LogP contribution in [0.4, 0.5) is 5.69 Å². The lowest BCUT2D eigenvalue weighted by Crippen LogP contribution is -2.32. The van der Waals surface area contributed by atoms with Crippen molar-refractivity contribution in [3.63, 3.8) is 0 Å². The Bertz CT molecular complexity index is 668. The molecule has 1 unspecified atom stereocenters. The number of carbonyl (C=O) groups excluding carboxylic acids is 1. The van der Waals surface area contributed by atoms with Gasteiger partial charge >= 0.3 is 0 Å². The molecule has 6 heteroatoms. The fraction of sp³-hybridized carbons (Fsp3) is 0.357. The molecule has 0 fully saturated rings. The minimum Gasteiger partial charge on any atom is -0.384 e. The maximum Gasteiger partial charge on any atom is 0.242 e. The van der Waals surface area contributed by atoms with Crippen LogP contribution in [-0.4, -0.2) is 37.5 Å². The predicted molar refractivity (Wildman–Crippen MR) is 78.1 cm³/mol. The fourth-order valence-electron chi connectivity index (χ4n) is 1.45. The molecular weight excluding hydrogens is 278 g/mol. The molecule has 1 aromatic carbocycles. The molecule has 0 bridgehead atoms. The zero-order valence-electron chi connectivity index (χ0n) is 11.6. The van der Waals surface area contributed by atoms with Gasteiger partial charge in [0.2, 0.25) is 5.91 Å². The first-order valence-electron chi connectivity index (χ1n) is 5.96. The van der Waals surface area contributed by atoms with Gasteiger partial charge in [0, 0.05) is 17.5 Å². The summed E-state index contributed by atoms with van der Waals surface area (Å²) >= 11 is 0. The van der Waals surface area contributed by atoms with Crippen molar-refractivity contribution in [2.45, 2.75) is 19.1 Å². The van der Waals surface area contributed by atoms with Gasteiger partial charge in [-0.2, -0.15) is 0 Å². The normalized spacial score (nSPS) is 12.2. The quantitative estimate of drug-likeness (QED) is 0.805. The van der Waals surface area contributed by atoms with Gasteiger partial charge in [-0.25, -0.2) is 8.42 Å². The molecule has 1 aromatic rings. The van der Waals surface area contributed by atoms with Crippen molar-refractivity contribution in [1.29, 1.82) is 0 Å². The second-order valence-electron chi connectivity index (χ2n) is 4.45. The first-order chi connectivity index (χ1) is 9.25. The largest absolute Gasteiger partial charge is 0.384 e. The van der Waals surface area contributed by atoms with Gasteiger partial charge in [-0.3, -0.25) is 4.79 Å². The van der Waals surface area contributed by atoms with Crippen LogP contribution < -0.4 is 5.32 Å². The van der Waals surface area contributed by atoms with Crippen molar-refractivity contribution in [2.24, 2.45) is 0 Å². The highest BCUT2D eigenvalue weighted by atomic mass is 32.2. The van der Waals surface area contributed by atoms with Crippen molar-refractivity contribution in [3.05, 3.63) is 29.3 Å². The molecule has 0 spiro atoms. The lowest BCUT2D eigenvalue weighted by Gasteiger charge is -2.12. The number of carbonyl (C=O) groups is 1. The molecule has 1 rings (SSSR count). The molecule has 0 radical (unpaired) electrons. The number of rotatable bonds is 3. The van der Waals surface area contributed by atoms with Crippen molar-refractivity contribution < 1.29 is 18.3 Å². The van der Waals surface area contributed by atoms with Crippen LogP contribution in [0, 0.1) is 18.8 Å². The highest BCUT2D eigenvalue weighted by Crippen LogP contribution is 2.17. The lowest BCUT2D eigenvalue weighted by molar-refractivity contribution is -0.115.